The Kier molecular flexibility index (Phi) is 4.50. The van der Waals surface area contributed by atoms with Gasteiger partial charge in [-0.05, 0) is 55.7 Å². The molecule has 2 atom stereocenters. The van der Waals surface area contributed by atoms with Crippen LogP contribution < -0.4 is 5.32 Å². The summed E-state index contributed by atoms with van der Waals surface area (Å²) in [5, 5.41) is 3.39. The number of halogens is 2. The Morgan fingerprint density at radius 3 is 2.00 bits per heavy atom. The van der Waals surface area contributed by atoms with Crippen LogP contribution in [-0.2, 0) is 0 Å². The lowest BCUT2D eigenvalue weighted by Crippen LogP contribution is -2.22. The van der Waals surface area contributed by atoms with Crippen LogP contribution in [0.4, 0.5) is 8.78 Å². The molecule has 0 aliphatic heterocycles. The summed E-state index contributed by atoms with van der Waals surface area (Å²) in [5.41, 5.74) is 2.56. The van der Waals surface area contributed by atoms with Crippen molar-refractivity contribution in [3.63, 3.8) is 0 Å². The number of rotatable bonds is 4. The van der Waals surface area contributed by atoms with Crippen LogP contribution in [0.2, 0.25) is 0 Å². The van der Waals surface area contributed by atoms with Crippen molar-refractivity contribution < 1.29 is 8.78 Å². The standard InChI is InChI=1S/C17H19F2N/c1-11-4-5-15(10-17(11)19)13(3)20-12(2)14-6-8-16(18)9-7-14/h4-10,12-13,20H,1-3H3. The molecular weight excluding hydrogens is 256 g/mol. The fourth-order valence-corrected chi connectivity index (χ4v) is 2.20. The Hall–Kier alpha value is -1.74. The quantitative estimate of drug-likeness (QED) is 0.854. The predicted octanol–water partition coefficient (Wildman–Crippen LogP) is 4.69. The summed E-state index contributed by atoms with van der Waals surface area (Å²) >= 11 is 0. The van der Waals surface area contributed by atoms with Crippen LogP contribution in [0.15, 0.2) is 42.5 Å². The largest absolute Gasteiger partial charge is 0.304 e. The van der Waals surface area contributed by atoms with Crippen LogP contribution in [0.25, 0.3) is 0 Å². The molecule has 2 aromatic carbocycles. The SMILES string of the molecule is Cc1ccc(C(C)NC(C)c2ccc(F)cc2)cc1F. The van der Waals surface area contributed by atoms with Gasteiger partial charge >= 0.3 is 0 Å². The van der Waals surface area contributed by atoms with Gasteiger partial charge in [-0.3, -0.25) is 0 Å². The first-order valence-corrected chi connectivity index (χ1v) is 6.75. The number of aryl methyl sites for hydroxylation is 1. The lowest BCUT2D eigenvalue weighted by molar-refractivity contribution is 0.490. The zero-order valence-corrected chi connectivity index (χ0v) is 12.0. The number of hydrogen-bond acceptors (Lipinski definition) is 1. The van der Waals surface area contributed by atoms with Crippen LogP contribution in [0.3, 0.4) is 0 Å². The van der Waals surface area contributed by atoms with Crippen molar-refractivity contribution in [1.29, 1.82) is 0 Å². The average Bonchev–Trinajstić information content (AvgIpc) is 2.42. The molecule has 0 amide bonds. The summed E-state index contributed by atoms with van der Waals surface area (Å²) in [6, 6.07) is 11.8. The van der Waals surface area contributed by atoms with Crippen molar-refractivity contribution in [2.45, 2.75) is 32.9 Å². The molecule has 2 rings (SSSR count). The average molecular weight is 275 g/mol. The second kappa shape index (κ2) is 6.14. The van der Waals surface area contributed by atoms with E-state index >= 15 is 0 Å². The van der Waals surface area contributed by atoms with Crippen molar-refractivity contribution in [2.75, 3.05) is 0 Å². The first-order valence-electron chi connectivity index (χ1n) is 6.75. The highest BCUT2D eigenvalue weighted by atomic mass is 19.1. The third-order valence-corrected chi connectivity index (χ3v) is 3.57. The molecule has 106 valence electrons. The van der Waals surface area contributed by atoms with Gasteiger partial charge in [-0.25, -0.2) is 8.78 Å². The van der Waals surface area contributed by atoms with E-state index in [0.717, 1.165) is 11.1 Å². The first kappa shape index (κ1) is 14.7. The molecule has 2 aromatic rings. The predicted molar refractivity (Wildman–Crippen MR) is 77.5 cm³/mol. The number of benzene rings is 2. The van der Waals surface area contributed by atoms with E-state index in [-0.39, 0.29) is 23.7 Å². The molecule has 1 N–H and O–H groups in total. The third-order valence-electron chi connectivity index (χ3n) is 3.57. The van der Waals surface area contributed by atoms with Crippen LogP contribution in [0, 0.1) is 18.6 Å². The zero-order valence-electron chi connectivity index (χ0n) is 12.0. The van der Waals surface area contributed by atoms with Crippen molar-refractivity contribution in [3.05, 3.63) is 70.8 Å². The monoisotopic (exact) mass is 275 g/mol. The van der Waals surface area contributed by atoms with E-state index in [1.807, 2.05) is 19.9 Å². The van der Waals surface area contributed by atoms with E-state index < -0.39 is 0 Å². The van der Waals surface area contributed by atoms with Gasteiger partial charge in [0.25, 0.3) is 0 Å². The molecule has 0 aliphatic rings. The molecule has 0 aliphatic carbocycles. The van der Waals surface area contributed by atoms with E-state index in [2.05, 4.69) is 5.32 Å². The minimum atomic E-state index is -0.241. The summed E-state index contributed by atoms with van der Waals surface area (Å²) in [4.78, 5) is 0. The fourth-order valence-electron chi connectivity index (χ4n) is 2.20. The van der Waals surface area contributed by atoms with Gasteiger partial charge in [0, 0.05) is 12.1 Å². The first-order chi connectivity index (χ1) is 9.47. The van der Waals surface area contributed by atoms with Crippen LogP contribution in [0.1, 0.15) is 42.6 Å². The van der Waals surface area contributed by atoms with Gasteiger partial charge in [0.2, 0.25) is 0 Å². The number of nitrogens with one attached hydrogen (secondary N) is 1. The highest BCUT2D eigenvalue weighted by Crippen LogP contribution is 2.21. The highest BCUT2D eigenvalue weighted by molar-refractivity contribution is 5.26. The molecule has 0 spiro atoms. The molecule has 2 unspecified atom stereocenters. The van der Waals surface area contributed by atoms with Crippen LogP contribution in [-0.4, -0.2) is 0 Å². The second-order valence-electron chi connectivity index (χ2n) is 5.17. The van der Waals surface area contributed by atoms with Crippen molar-refractivity contribution in [1.82, 2.24) is 5.32 Å². The Bertz CT molecular complexity index is 578. The van der Waals surface area contributed by atoms with E-state index in [4.69, 9.17) is 0 Å². The molecule has 3 heteroatoms. The molecule has 0 saturated carbocycles. The van der Waals surface area contributed by atoms with Gasteiger partial charge in [-0.1, -0.05) is 24.3 Å². The van der Waals surface area contributed by atoms with E-state index in [0.29, 0.717) is 5.56 Å². The van der Waals surface area contributed by atoms with Gasteiger partial charge < -0.3 is 5.32 Å². The van der Waals surface area contributed by atoms with Gasteiger partial charge in [0.05, 0.1) is 0 Å². The topological polar surface area (TPSA) is 12.0 Å². The summed E-state index contributed by atoms with van der Waals surface area (Å²) in [5.74, 6) is -0.430. The summed E-state index contributed by atoms with van der Waals surface area (Å²) in [6.07, 6.45) is 0. The maximum atomic E-state index is 13.6. The Balaban J connectivity index is 2.08. The molecule has 0 radical (unpaired) electrons. The molecule has 0 bridgehead atoms. The van der Waals surface area contributed by atoms with E-state index in [1.165, 1.54) is 12.1 Å². The summed E-state index contributed by atoms with van der Waals surface area (Å²) < 4.78 is 26.5. The lowest BCUT2D eigenvalue weighted by Gasteiger charge is -2.21. The van der Waals surface area contributed by atoms with Crippen molar-refractivity contribution in [3.8, 4) is 0 Å². The molecule has 0 heterocycles. The Morgan fingerprint density at radius 1 is 0.850 bits per heavy atom. The maximum absolute atomic E-state index is 13.6. The highest BCUT2D eigenvalue weighted by Gasteiger charge is 2.12. The van der Waals surface area contributed by atoms with Gasteiger partial charge in [0.15, 0.2) is 0 Å². The van der Waals surface area contributed by atoms with Gasteiger partial charge in [-0.15, -0.1) is 0 Å². The Labute approximate surface area is 118 Å². The van der Waals surface area contributed by atoms with E-state index in [9.17, 15) is 8.78 Å². The number of hydrogen-bond donors (Lipinski definition) is 1. The minimum Gasteiger partial charge on any atom is -0.304 e. The summed E-state index contributed by atoms with van der Waals surface area (Å²) in [6.45, 7) is 5.75. The van der Waals surface area contributed by atoms with Gasteiger partial charge in [-0.2, -0.15) is 0 Å². The summed E-state index contributed by atoms with van der Waals surface area (Å²) in [7, 11) is 0. The fraction of sp³-hybridized carbons (Fsp3) is 0.294. The molecule has 0 saturated heterocycles. The Morgan fingerprint density at radius 2 is 1.40 bits per heavy atom. The lowest BCUT2D eigenvalue weighted by atomic mass is 10.0. The molecule has 1 nitrogen and oxygen atoms in total. The van der Waals surface area contributed by atoms with Crippen molar-refractivity contribution in [2.24, 2.45) is 0 Å². The molecule has 0 fully saturated rings. The van der Waals surface area contributed by atoms with Gasteiger partial charge in [0.1, 0.15) is 11.6 Å². The maximum Gasteiger partial charge on any atom is 0.126 e. The van der Waals surface area contributed by atoms with Crippen LogP contribution in [0.5, 0.6) is 0 Å². The normalized spacial score (nSPS) is 14.1. The molecule has 20 heavy (non-hydrogen) atoms. The van der Waals surface area contributed by atoms with Crippen molar-refractivity contribution >= 4 is 0 Å². The minimum absolute atomic E-state index is 0.0187. The van der Waals surface area contributed by atoms with Crippen LogP contribution >= 0.6 is 0 Å². The second-order valence-corrected chi connectivity index (χ2v) is 5.17. The zero-order chi connectivity index (χ0) is 14.7. The van der Waals surface area contributed by atoms with E-state index in [1.54, 1.807) is 31.2 Å². The molecule has 0 aromatic heterocycles. The third kappa shape index (κ3) is 3.42. The smallest absolute Gasteiger partial charge is 0.126 e. The molecular formula is C17H19F2N.